The van der Waals surface area contributed by atoms with Crippen molar-refractivity contribution in [2.45, 2.75) is 32.7 Å². The number of hydrogen-bond donors (Lipinski definition) is 1. The number of rotatable bonds is 6. The standard InChI is InChI=1S/C13H18F3NO/c1-10(2)18-8-7-17-9-11-3-5-12(6-4-11)13(14,15)16/h3-6,10,17H,7-9H2,1-2H3. The Balaban J connectivity index is 2.31. The molecule has 1 rings (SSSR count). The van der Waals surface area contributed by atoms with Crippen molar-refractivity contribution in [2.24, 2.45) is 0 Å². The van der Waals surface area contributed by atoms with Crippen LogP contribution in [0.3, 0.4) is 0 Å². The van der Waals surface area contributed by atoms with Crippen molar-refractivity contribution in [3.8, 4) is 0 Å². The highest BCUT2D eigenvalue weighted by Gasteiger charge is 2.29. The van der Waals surface area contributed by atoms with Crippen LogP contribution >= 0.6 is 0 Å². The average Bonchev–Trinajstić information content (AvgIpc) is 2.27. The first kappa shape index (κ1) is 15.0. The van der Waals surface area contributed by atoms with E-state index in [4.69, 9.17) is 4.74 Å². The lowest BCUT2D eigenvalue weighted by Crippen LogP contribution is -2.21. The van der Waals surface area contributed by atoms with Crippen LogP contribution in [0.4, 0.5) is 13.2 Å². The zero-order valence-corrected chi connectivity index (χ0v) is 10.6. The monoisotopic (exact) mass is 261 g/mol. The summed E-state index contributed by atoms with van der Waals surface area (Å²) in [5.74, 6) is 0. The maximum atomic E-state index is 12.3. The van der Waals surface area contributed by atoms with Gasteiger partial charge in [0.2, 0.25) is 0 Å². The summed E-state index contributed by atoms with van der Waals surface area (Å²) in [6.07, 6.45) is -4.07. The number of halogens is 3. The fraction of sp³-hybridized carbons (Fsp3) is 0.538. The maximum Gasteiger partial charge on any atom is 0.416 e. The largest absolute Gasteiger partial charge is 0.416 e. The second kappa shape index (κ2) is 6.75. The van der Waals surface area contributed by atoms with Gasteiger partial charge in [-0.3, -0.25) is 0 Å². The molecule has 0 heterocycles. The smallest absolute Gasteiger partial charge is 0.377 e. The number of hydrogen-bond acceptors (Lipinski definition) is 2. The number of alkyl halides is 3. The Bertz CT molecular complexity index is 346. The van der Waals surface area contributed by atoms with E-state index in [9.17, 15) is 13.2 Å². The van der Waals surface area contributed by atoms with Gasteiger partial charge in [0.25, 0.3) is 0 Å². The summed E-state index contributed by atoms with van der Waals surface area (Å²) in [6.45, 7) is 5.73. The number of ether oxygens (including phenoxy) is 1. The summed E-state index contributed by atoms with van der Waals surface area (Å²) in [7, 11) is 0. The van der Waals surface area contributed by atoms with Gasteiger partial charge >= 0.3 is 6.18 Å². The van der Waals surface area contributed by atoms with E-state index in [1.165, 1.54) is 12.1 Å². The molecular weight excluding hydrogens is 243 g/mol. The summed E-state index contributed by atoms with van der Waals surface area (Å²) in [5, 5.41) is 3.11. The van der Waals surface area contributed by atoms with Crippen LogP contribution in [-0.2, 0) is 17.5 Å². The zero-order chi connectivity index (χ0) is 13.6. The van der Waals surface area contributed by atoms with Crippen molar-refractivity contribution < 1.29 is 17.9 Å². The van der Waals surface area contributed by atoms with Gasteiger partial charge in [-0.1, -0.05) is 12.1 Å². The van der Waals surface area contributed by atoms with E-state index < -0.39 is 11.7 Å². The van der Waals surface area contributed by atoms with Gasteiger partial charge in [-0.15, -0.1) is 0 Å². The van der Waals surface area contributed by atoms with E-state index in [1.807, 2.05) is 13.8 Å². The third-order valence-corrected chi connectivity index (χ3v) is 2.34. The van der Waals surface area contributed by atoms with Crippen LogP contribution in [0.15, 0.2) is 24.3 Å². The summed E-state index contributed by atoms with van der Waals surface area (Å²) in [6, 6.07) is 5.17. The first-order chi connectivity index (χ1) is 8.39. The van der Waals surface area contributed by atoms with Gasteiger partial charge in [-0.05, 0) is 31.5 Å². The molecule has 102 valence electrons. The molecule has 0 unspecified atom stereocenters. The van der Waals surface area contributed by atoms with Crippen LogP contribution in [0.5, 0.6) is 0 Å². The van der Waals surface area contributed by atoms with Crippen LogP contribution in [0, 0.1) is 0 Å². The molecule has 0 saturated heterocycles. The molecule has 1 N–H and O–H groups in total. The first-order valence-electron chi connectivity index (χ1n) is 5.88. The lowest BCUT2D eigenvalue weighted by Gasteiger charge is -2.10. The Morgan fingerprint density at radius 1 is 1.17 bits per heavy atom. The Hall–Kier alpha value is -1.07. The topological polar surface area (TPSA) is 21.3 Å². The highest BCUT2D eigenvalue weighted by Crippen LogP contribution is 2.28. The molecule has 0 atom stereocenters. The van der Waals surface area contributed by atoms with E-state index >= 15 is 0 Å². The number of nitrogens with one attached hydrogen (secondary N) is 1. The van der Waals surface area contributed by atoms with Gasteiger partial charge in [-0.2, -0.15) is 13.2 Å². The molecule has 0 aliphatic heterocycles. The third-order valence-electron chi connectivity index (χ3n) is 2.34. The molecule has 0 radical (unpaired) electrons. The molecule has 18 heavy (non-hydrogen) atoms. The van der Waals surface area contributed by atoms with Gasteiger partial charge in [0.1, 0.15) is 0 Å². The second-order valence-electron chi connectivity index (χ2n) is 4.29. The van der Waals surface area contributed by atoms with Crippen LogP contribution in [0.25, 0.3) is 0 Å². The molecule has 0 aliphatic rings. The average molecular weight is 261 g/mol. The van der Waals surface area contributed by atoms with Crippen LogP contribution in [-0.4, -0.2) is 19.3 Å². The summed E-state index contributed by atoms with van der Waals surface area (Å²) in [4.78, 5) is 0. The Labute approximate surface area is 105 Å². The van der Waals surface area contributed by atoms with E-state index in [1.54, 1.807) is 0 Å². The van der Waals surface area contributed by atoms with Crippen LogP contribution in [0.2, 0.25) is 0 Å². The van der Waals surface area contributed by atoms with E-state index in [0.29, 0.717) is 19.7 Å². The van der Waals surface area contributed by atoms with Gasteiger partial charge in [0.05, 0.1) is 18.3 Å². The van der Waals surface area contributed by atoms with Gasteiger partial charge in [0, 0.05) is 13.1 Å². The molecule has 0 fully saturated rings. The maximum absolute atomic E-state index is 12.3. The Morgan fingerprint density at radius 2 is 1.78 bits per heavy atom. The molecule has 0 aliphatic carbocycles. The molecule has 2 nitrogen and oxygen atoms in total. The normalized spacial score (nSPS) is 12.1. The van der Waals surface area contributed by atoms with E-state index in [2.05, 4.69) is 5.32 Å². The van der Waals surface area contributed by atoms with Gasteiger partial charge in [-0.25, -0.2) is 0 Å². The molecule has 0 spiro atoms. The van der Waals surface area contributed by atoms with Crippen molar-refractivity contribution >= 4 is 0 Å². The molecule has 0 bridgehead atoms. The molecule has 0 amide bonds. The van der Waals surface area contributed by atoms with Crippen molar-refractivity contribution in [1.29, 1.82) is 0 Å². The SMILES string of the molecule is CC(C)OCCNCc1ccc(C(F)(F)F)cc1. The van der Waals surface area contributed by atoms with Crippen molar-refractivity contribution in [1.82, 2.24) is 5.32 Å². The quantitative estimate of drug-likeness (QED) is 0.794. The second-order valence-corrected chi connectivity index (χ2v) is 4.29. The summed E-state index contributed by atoms with van der Waals surface area (Å²) >= 11 is 0. The molecule has 1 aromatic rings. The number of benzene rings is 1. The van der Waals surface area contributed by atoms with Crippen LogP contribution in [0.1, 0.15) is 25.0 Å². The highest BCUT2D eigenvalue weighted by molar-refractivity contribution is 5.24. The van der Waals surface area contributed by atoms with E-state index in [-0.39, 0.29) is 6.10 Å². The predicted octanol–water partition coefficient (Wildman–Crippen LogP) is 3.22. The molecule has 1 aromatic carbocycles. The summed E-state index contributed by atoms with van der Waals surface area (Å²) in [5.41, 5.74) is 0.210. The minimum Gasteiger partial charge on any atom is -0.377 e. The minimum atomic E-state index is -4.27. The Morgan fingerprint density at radius 3 is 2.28 bits per heavy atom. The highest BCUT2D eigenvalue weighted by atomic mass is 19.4. The molecule has 0 aromatic heterocycles. The minimum absolute atomic E-state index is 0.192. The van der Waals surface area contributed by atoms with Crippen molar-refractivity contribution in [3.05, 3.63) is 35.4 Å². The van der Waals surface area contributed by atoms with Crippen LogP contribution < -0.4 is 5.32 Å². The van der Waals surface area contributed by atoms with Crippen molar-refractivity contribution in [2.75, 3.05) is 13.2 Å². The zero-order valence-electron chi connectivity index (χ0n) is 10.6. The summed E-state index contributed by atoms with van der Waals surface area (Å²) < 4.78 is 42.3. The molecular formula is C13H18F3NO. The first-order valence-corrected chi connectivity index (χ1v) is 5.88. The fourth-order valence-electron chi connectivity index (χ4n) is 1.41. The third kappa shape index (κ3) is 5.51. The molecule has 5 heteroatoms. The predicted molar refractivity (Wildman–Crippen MR) is 64.2 cm³/mol. The lowest BCUT2D eigenvalue weighted by atomic mass is 10.1. The molecule has 0 saturated carbocycles. The van der Waals surface area contributed by atoms with Crippen molar-refractivity contribution in [3.63, 3.8) is 0 Å². The lowest BCUT2D eigenvalue weighted by molar-refractivity contribution is -0.137. The Kier molecular flexibility index (Phi) is 5.62. The fourth-order valence-corrected chi connectivity index (χ4v) is 1.41. The van der Waals surface area contributed by atoms with Gasteiger partial charge < -0.3 is 10.1 Å². The van der Waals surface area contributed by atoms with Gasteiger partial charge in [0.15, 0.2) is 0 Å². The van der Waals surface area contributed by atoms with E-state index in [0.717, 1.165) is 17.7 Å².